The molecule has 16 heteroatoms. The molecule has 0 heterocycles. The van der Waals surface area contributed by atoms with E-state index in [4.69, 9.17) is 19.9 Å². The molecule has 0 radical (unpaired) electrons. The summed E-state index contributed by atoms with van der Waals surface area (Å²) in [6.07, 6.45) is 0.881. The fourth-order valence-electron chi connectivity index (χ4n) is 5.18. The number of hydrogen-bond donors (Lipinski definition) is 5. The predicted molar refractivity (Wildman–Crippen MR) is 272 cm³/mol. The van der Waals surface area contributed by atoms with Crippen molar-refractivity contribution in [2.75, 3.05) is 27.0 Å². The van der Waals surface area contributed by atoms with E-state index in [1.165, 1.54) is 48.5 Å². The summed E-state index contributed by atoms with van der Waals surface area (Å²) in [7, 11) is 0. The van der Waals surface area contributed by atoms with Crippen LogP contribution in [0.1, 0.15) is 83.8 Å². The van der Waals surface area contributed by atoms with E-state index in [2.05, 4.69) is 26.3 Å². The third-order valence-corrected chi connectivity index (χ3v) is 8.25. The molecule has 0 aromatic heterocycles. The molecule has 0 saturated carbocycles. The van der Waals surface area contributed by atoms with Gasteiger partial charge in [-0.15, -0.1) is 0 Å². The lowest BCUT2D eigenvalue weighted by Crippen LogP contribution is -2.27. The highest BCUT2D eigenvalue weighted by molar-refractivity contribution is 5.87. The first-order valence-electron chi connectivity index (χ1n) is 21.9. The topological polar surface area (TPSA) is 182 Å². The van der Waals surface area contributed by atoms with Crippen LogP contribution in [0.3, 0.4) is 0 Å². The first kappa shape index (κ1) is 56.2. The highest BCUT2D eigenvalue weighted by Gasteiger charge is 2.18. The fraction of sp³-hybridized carbons (Fsp3) is 0.241. The van der Waals surface area contributed by atoms with Crippen LogP contribution >= 0.6 is 0 Å². The molecule has 6 rings (SSSR count). The number of amides is 3. The Morgan fingerprint density at radius 3 is 1.19 bits per heavy atom. The number of halogens is 3. The van der Waals surface area contributed by atoms with Gasteiger partial charge in [-0.3, -0.25) is 25.7 Å². The average molecular weight is 963 g/mol. The van der Waals surface area contributed by atoms with Gasteiger partial charge in [-0.25, -0.2) is 27.6 Å². The van der Waals surface area contributed by atoms with E-state index in [0.29, 0.717) is 41.1 Å². The molecule has 0 aliphatic heterocycles. The van der Waals surface area contributed by atoms with Crippen molar-refractivity contribution in [3.63, 3.8) is 0 Å². The van der Waals surface area contributed by atoms with E-state index >= 15 is 0 Å². The first-order valence-corrected chi connectivity index (χ1v) is 21.9. The Bertz CT molecular complexity index is 2570. The van der Waals surface area contributed by atoms with Crippen molar-refractivity contribution >= 4 is 64.9 Å². The Balaban J connectivity index is 0.000000259. The van der Waals surface area contributed by atoms with E-state index < -0.39 is 35.1 Å². The zero-order chi connectivity index (χ0) is 51.9. The van der Waals surface area contributed by atoms with E-state index in [-0.39, 0.29) is 17.5 Å². The molecule has 13 nitrogen and oxygen atoms in total. The SMILES string of the molecule is CC(C)(C)OC(=O)Nc1ccc(N)cc1.CC(C)(C)OC(=O)Nc1ccc(N=Cc2ccc(F)cc2)cc1.CC(C)(C)OC(=O)Nc1ccc(NCc2ccc(F)cc2)cc1.O=Cc1ccc(F)cc1. The molecule has 0 fully saturated rings. The minimum absolute atomic E-state index is 0.244. The fourth-order valence-corrected chi connectivity index (χ4v) is 5.18. The van der Waals surface area contributed by atoms with E-state index in [1.807, 2.05) is 53.7 Å². The van der Waals surface area contributed by atoms with Gasteiger partial charge in [0.1, 0.15) is 40.5 Å². The summed E-state index contributed by atoms with van der Waals surface area (Å²) < 4.78 is 53.2. The molecule has 0 spiro atoms. The summed E-state index contributed by atoms with van der Waals surface area (Å²) in [5.41, 5.74) is 10.5. The zero-order valence-electron chi connectivity index (χ0n) is 40.7. The number of aliphatic imine (C=N–C) groups is 1. The summed E-state index contributed by atoms with van der Waals surface area (Å²) in [6.45, 7) is 16.9. The number of carbonyl (C=O) groups excluding carboxylic acids is 4. The molecular weight excluding hydrogens is 902 g/mol. The number of carbonyl (C=O) groups is 4. The lowest BCUT2D eigenvalue weighted by molar-refractivity contribution is 0.0624. The van der Waals surface area contributed by atoms with Crippen molar-refractivity contribution in [2.24, 2.45) is 4.99 Å². The molecule has 0 unspecified atom stereocenters. The van der Waals surface area contributed by atoms with Crippen molar-refractivity contribution in [3.8, 4) is 0 Å². The maximum absolute atomic E-state index is 12.8. The molecule has 6 N–H and O–H groups in total. The van der Waals surface area contributed by atoms with Crippen LogP contribution in [0.5, 0.6) is 0 Å². The Labute approximate surface area is 407 Å². The molecule has 0 saturated heterocycles. The average Bonchev–Trinajstić information content (AvgIpc) is 3.27. The number of nitrogen functional groups attached to an aromatic ring is 1. The Morgan fingerprint density at radius 2 is 0.814 bits per heavy atom. The van der Waals surface area contributed by atoms with Gasteiger partial charge >= 0.3 is 18.3 Å². The monoisotopic (exact) mass is 962 g/mol. The minimum Gasteiger partial charge on any atom is -0.444 e. The molecular formula is C54H61F3N6O7. The zero-order valence-corrected chi connectivity index (χ0v) is 40.7. The van der Waals surface area contributed by atoms with Gasteiger partial charge in [-0.05, 0) is 195 Å². The highest BCUT2D eigenvalue weighted by Crippen LogP contribution is 2.19. The summed E-state index contributed by atoms with van der Waals surface area (Å²) >= 11 is 0. The highest BCUT2D eigenvalue weighted by atomic mass is 19.1. The number of aldehydes is 1. The molecule has 0 aliphatic carbocycles. The minimum atomic E-state index is -0.538. The molecule has 6 aromatic rings. The number of nitrogens with two attached hydrogens (primary N) is 1. The maximum Gasteiger partial charge on any atom is 0.412 e. The van der Waals surface area contributed by atoms with Gasteiger partial charge in [0.25, 0.3) is 0 Å². The van der Waals surface area contributed by atoms with E-state index in [1.54, 1.807) is 112 Å². The number of benzene rings is 6. The smallest absolute Gasteiger partial charge is 0.412 e. The second-order valence-corrected chi connectivity index (χ2v) is 18.1. The molecule has 3 amide bonds. The standard InChI is InChI=1S/C18H21FN2O2.C18H19FN2O2.C11H16N2O2.C7H5FO/c2*1-18(2,3)23-17(22)21-16-10-8-15(9-11-16)20-12-13-4-6-14(19)7-5-13;1-11(2,3)15-10(14)13-9-6-4-8(12)5-7-9;8-7-3-1-6(5-9)2-4-7/h4-11,20H,12H2,1-3H3,(H,21,22);4-12H,1-3H3,(H,21,22);4-7H,12H2,1-3H3,(H,13,14);1-5H. The lowest BCUT2D eigenvalue weighted by atomic mass is 10.2. The number of nitrogens with zero attached hydrogens (tertiary/aromatic N) is 1. The van der Waals surface area contributed by atoms with Crippen LogP contribution in [0.4, 0.5) is 61.7 Å². The lowest BCUT2D eigenvalue weighted by Gasteiger charge is -2.19. The third kappa shape index (κ3) is 25.1. The van der Waals surface area contributed by atoms with Crippen LogP contribution in [-0.4, -0.2) is 47.6 Å². The van der Waals surface area contributed by atoms with Crippen molar-refractivity contribution in [1.82, 2.24) is 0 Å². The van der Waals surface area contributed by atoms with Gasteiger partial charge in [-0.1, -0.05) is 24.3 Å². The van der Waals surface area contributed by atoms with Crippen molar-refractivity contribution in [3.05, 3.63) is 180 Å². The van der Waals surface area contributed by atoms with Crippen LogP contribution in [0.15, 0.2) is 151 Å². The second-order valence-electron chi connectivity index (χ2n) is 18.1. The van der Waals surface area contributed by atoms with E-state index in [0.717, 1.165) is 22.5 Å². The first-order chi connectivity index (χ1) is 32.8. The molecule has 6 aromatic carbocycles. The number of nitrogens with one attached hydrogen (secondary N) is 4. The number of anilines is 5. The summed E-state index contributed by atoms with van der Waals surface area (Å²) in [5.74, 6) is -0.841. The number of ether oxygens (including phenoxy) is 3. The van der Waals surface area contributed by atoms with Crippen LogP contribution < -0.4 is 27.0 Å². The van der Waals surface area contributed by atoms with Gasteiger partial charge in [-0.2, -0.15) is 0 Å². The van der Waals surface area contributed by atoms with Crippen LogP contribution in [0.25, 0.3) is 0 Å². The Hall–Kier alpha value is -8.14. The summed E-state index contributed by atoms with van der Waals surface area (Å²) in [5, 5.41) is 11.2. The number of rotatable bonds is 9. The largest absolute Gasteiger partial charge is 0.444 e. The third-order valence-electron chi connectivity index (χ3n) is 8.25. The van der Waals surface area contributed by atoms with Crippen molar-refractivity contribution in [1.29, 1.82) is 0 Å². The van der Waals surface area contributed by atoms with Crippen LogP contribution in [0, 0.1) is 17.5 Å². The molecule has 70 heavy (non-hydrogen) atoms. The molecule has 0 bridgehead atoms. The van der Waals surface area contributed by atoms with Crippen molar-refractivity contribution in [2.45, 2.75) is 85.7 Å². The summed E-state index contributed by atoms with van der Waals surface area (Å²) in [4.78, 5) is 49.0. The van der Waals surface area contributed by atoms with Gasteiger partial charge in [0, 0.05) is 46.8 Å². The molecule has 0 aliphatic rings. The van der Waals surface area contributed by atoms with Crippen molar-refractivity contribution < 1.29 is 46.6 Å². The van der Waals surface area contributed by atoms with E-state index in [9.17, 15) is 32.3 Å². The van der Waals surface area contributed by atoms with Crippen LogP contribution in [-0.2, 0) is 20.8 Å². The maximum atomic E-state index is 12.8. The molecule has 0 atom stereocenters. The van der Waals surface area contributed by atoms with Gasteiger partial charge < -0.3 is 25.3 Å². The van der Waals surface area contributed by atoms with Crippen LogP contribution in [0.2, 0.25) is 0 Å². The Morgan fingerprint density at radius 1 is 0.486 bits per heavy atom. The van der Waals surface area contributed by atoms with Gasteiger partial charge in [0.2, 0.25) is 0 Å². The van der Waals surface area contributed by atoms with Gasteiger partial charge in [0.15, 0.2) is 0 Å². The number of hydrogen-bond acceptors (Lipinski definition) is 10. The normalized spacial score (nSPS) is 10.9. The quantitative estimate of drug-likeness (QED) is 0.0407. The second kappa shape index (κ2) is 27.0. The molecule has 370 valence electrons. The Kier molecular flexibility index (Phi) is 21.7. The summed E-state index contributed by atoms with van der Waals surface area (Å²) in [6, 6.07) is 39.0. The van der Waals surface area contributed by atoms with Gasteiger partial charge in [0.05, 0.1) is 5.69 Å². The predicted octanol–water partition coefficient (Wildman–Crippen LogP) is 14.0.